The van der Waals surface area contributed by atoms with E-state index in [-0.39, 0.29) is 5.82 Å². The summed E-state index contributed by atoms with van der Waals surface area (Å²) >= 11 is 0. The second-order valence-corrected chi connectivity index (χ2v) is 4.84. The van der Waals surface area contributed by atoms with Gasteiger partial charge in [-0.05, 0) is 50.4 Å². The molecule has 90 valence electrons. The minimum absolute atomic E-state index is 0.172. The van der Waals surface area contributed by atoms with E-state index in [1.54, 1.807) is 6.07 Å². The van der Waals surface area contributed by atoms with E-state index in [1.807, 2.05) is 14.0 Å². The van der Waals surface area contributed by atoms with E-state index in [2.05, 4.69) is 5.32 Å². The average Bonchev–Trinajstić information content (AvgIpc) is 3.03. The van der Waals surface area contributed by atoms with Gasteiger partial charge in [0.15, 0.2) is 0 Å². The van der Waals surface area contributed by atoms with Crippen LogP contribution in [0.2, 0.25) is 0 Å². The molecule has 1 aliphatic carbocycles. The number of hydrogen-bond donors (Lipinski definition) is 1. The molecule has 1 heterocycles. The van der Waals surface area contributed by atoms with Gasteiger partial charge in [-0.2, -0.15) is 0 Å². The summed E-state index contributed by atoms with van der Waals surface area (Å²) in [7, 11) is 1.90. The van der Waals surface area contributed by atoms with Gasteiger partial charge in [-0.15, -0.1) is 0 Å². The Labute approximate surface area is 99.8 Å². The number of aryl methyl sites for hydroxylation is 1. The van der Waals surface area contributed by atoms with Crippen molar-refractivity contribution in [2.75, 3.05) is 7.05 Å². The van der Waals surface area contributed by atoms with Crippen molar-refractivity contribution in [2.24, 2.45) is 0 Å². The van der Waals surface area contributed by atoms with E-state index < -0.39 is 0 Å². The van der Waals surface area contributed by atoms with E-state index in [0.717, 1.165) is 22.3 Å². The van der Waals surface area contributed by atoms with Crippen LogP contribution in [-0.2, 0) is 6.54 Å². The molecule has 1 aliphatic rings. The summed E-state index contributed by atoms with van der Waals surface area (Å²) in [6, 6.07) is 3.14. The summed E-state index contributed by atoms with van der Waals surface area (Å²) in [6.07, 6.45) is 2.39. The van der Waals surface area contributed by atoms with Gasteiger partial charge in [0, 0.05) is 10.9 Å². The van der Waals surface area contributed by atoms with E-state index in [9.17, 15) is 4.39 Å². The standard InChI is InChI=1S/C14H16FNO/c1-8-5-10(15)6-11-13(9-3-4-9)12(7-16-2)17-14(8)11/h5-6,9,16H,3-4,7H2,1-2H3. The predicted molar refractivity (Wildman–Crippen MR) is 65.6 cm³/mol. The Morgan fingerprint density at radius 1 is 1.41 bits per heavy atom. The second-order valence-electron chi connectivity index (χ2n) is 4.84. The lowest BCUT2D eigenvalue weighted by Crippen LogP contribution is -2.05. The van der Waals surface area contributed by atoms with Crippen molar-refractivity contribution in [1.82, 2.24) is 5.32 Å². The van der Waals surface area contributed by atoms with Crippen molar-refractivity contribution in [1.29, 1.82) is 0 Å². The SMILES string of the molecule is CNCc1oc2c(C)cc(F)cc2c1C1CC1. The number of furan rings is 1. The molecule has 0 radical (unpaired) electrons. The molecule has 1 N–H and O–H groups in total. The normalized spacial score (nSPS) is 15.7. The summed E-state index contributed by atoms with van der Waals surface area (Å²) in [4.78, 5) is 0. The molecule has 1 aromatic heterocycles. The lowest BCUT2D eigenvalue weighted by atomic mass is 10.0. The topological polar surface area (TPSA) is 25.2 Å². The number of fused-ring (bicyclic) bond motifs is 1. The highest BCUT2D eigenvalue weighted by atomic mass is 19.1. The third-order valence-electron chi connectivity index (χ3n) is 3.38. The summed E-state index contributed by atoms with van der Waals surface area (Å²) in [5.41, 5.74) is 2.94. The fourth-order valence-electron chi connectivity index (χ4n) is 2.51. The maximum Gasteiger partial charge on any atom is 0.137 e. The minimum atomic E-state index is -0.172. The number of halogens is 1. The molecule has 2 nitrogen and oxygen atoms in total. The fraction of sp³-hybridized carbons (Fsp3) is 0.429. The van der Waals surface area contributed by atoms with Crippen LogP contribution in [0, 0.1) is 12.7 Å². The second kappa shape index (κ2) is 3.84. The third-order valence-corrected chi connectivity index (χ3v) is 3.38. The maximum absolute atomic E-state index is 13.5. The van der Waals surface area contributed by atoms with Gasteiger partial charge < -0.3 is 9.73 Å². The van der Waals surface area contributed by atoms with Crippen LogP contribution in [0.4, 0.5) is 4.39 Å². The Bertz CT molecular complexity index is 569. The predicted octanol–water partition coefficient (Wildman–Crippen LogP) is 3.48. The molecule has 1 saturated carbocycles. The quantitative estimate of drug-likeness (QED) is 0.878. The van der Waals surface area contributed by atoms with Gasteiger partial charge in [0.25, 0.3) is 0 Å². The molecular weight excluding hydrogens is 217 g/mol. The van der Waals surface area contributed by atoms with Crippen LogP contribution >= 0.6 is 0 Å². The Balaban J connectivity index is 2.26. The molecule has 3 heteroatoms. The first-order chi connectivity index (χ1) is 8.20. The fourth-order valence-corrected chi connectivity index (χ4v) is 2.51. The van der Waals surface area contributed by atoms with E-state index in [0.29, 0.717) is 12.5 Å². The Morgan fingerprint density at radius 2 is 2.18 bits per heavy atom. The Kier molecular flexibility index (Phi) is 2.44. The molecule has 3 rings (SSSR count). The molecule has 2 aromatic rings. The molecule has 0 unspecified atom stereocenters. The van der Waals surface area contributed by atoms with Gasteiger partial charge in [-0.25, -0.2) is 4.39 Å². The first-order valence-corrected chi connectivity index (χ1v) is 6.06. The van der Waals surface area contributed by atoms with Crippen LogP contribution in [0.5, 0.6) is 0 Å². The van der Waals surface area contributed by atoms with Crippen LogP contribution in [-0.4, -0.2) is 7.05 Å². The minimum Gasteiger partial charge on any atom is -0.459 e. The first-order valence-electron chi connectivity index (χ1n) is 6.06. The Hall–Kier alpha value is -1.35. The molecule has 1 aromatic carbocycles. The van der Waals surface area contributed by atoms with Crippen molar-refractivity contribution >= 4 is 11.0 Å². The van der Waals surface area contributed by atoms with Gasteiger partial charge in [0.1, 0.15) is 17.2 Å². The van der Waals surface area contributed by atoms with Gasteiger partial charge in [-0.3, -0.25) is 0 Å². The summed E-state index contributed by atoms with van der Waals surface area (Å²) in [6.45, 7) is 2.61. The van der Waals surface area contributed by atoms with Crippen LogP contribution < -0.4 is 5.32 Å². The molecule has 0 bridgehead atoms. The molecule has 0 amide bonds. The van der Waals surface area contributed by atoms with Gasteiger partial charge in [0.2, 0.25) is 0 Å². The molecule has 0 spiro atoms. The molecule has 1 fully saturated rings. The van der Waals surface area contributed by atoms with Crippen LogP contribution in [0.25, 0.3) is 11.0 Å². The monoisotopic (exact) mass is 233 g/mol. The van der Waals surface area contributed by atoms with Crippen molar-refractivity contribution in [3.05, 3.63) is 34.8 Å². The zero-order chi connectivity index (χ0) is 12.0. The maximum atomic E-state index is 13.5. The number of nitrogens with one attached hydrogen (secondary N) is 1. The zero-order valence-corrected chi connectivity index (χ0v) is 10.1. The van der Waals surface area contributed by atoms with E-state index in [4.69, 9.17) is 4.42 Å². The van der Waals surface area contributed by atoms with Crippen molar-refractivity contribution in [3.8, 4) is 0 Å². The molecular formula is C14H16FNO. The third kappa shape index (κ3) is 1.75. The van der Waals surface area contributed by atoms with Gasteiger partial charge in [0.05, 0.1) is 6.54 Å². The Morgan fingerprint density at radius 3 is 2.82 bits per heavy atom. The molecule has 0 saturated heterocycles. The zero-order valence-electron chi connectivity index (χ0n) is 10.1. The van der Waals surface area contributed by atoms with Gasteiger partial charge in [-0.1, -0.05) is 0 Å². The van der Waals surface area contributed by atoms with E-state index in [1.165, 1.54) is 24.5 Å². The van der Waals surface area contributed by atoms with Crippen LogP contribution in [0.15, 0.2) is 16.5 Å². The molecule has 0 aliphatic heterocycles. The molecule has 17 heavy (non-hydrogen) atoms. The van der Waals surface area contributed by atoms with Crippen molar-refractivity contribution < 1.29 is 8.81 Å². The lowest BCUT2D eigenvalue weighted by Gasteiger charge is -1.99. The average molecular weight is 233 g/mol. The summed E-state index contributed by atoms with van der Waals surface area (Å²) in [5.74, 6) is 1.37. The van der Waals surface area contributed by atoms with Crippen LogP contribution in [0.1, 0.15) is 35.6 Å². The van der Waals surface area contributed by atoms with Crippen molar-refractivity contribution in [2.45, 2.75) is 32.2 Å². The highest BCUT2D eigenvalue weighted by molar-refractivity contribution is 5.86. The van der Waals surface area contributed by atoms with Crippen LogP contribution in [0.3, 0.4) is 0 Å². The molecule has 0 atom stereocenters. The summed E-state index contributed by atoms with van der Waals surface area (Å²) in [5, 5.41) is 4.08. The number of benzene rings is 1. The lowest BCUT2D eigenvalue weighted by molar-refractivity contribution is 0.522. The number of rotatable bonds is 3. The van der Waals surface area contributed by atoms with Crippen molar-refractivity contribution in [3.63, 3.8) is 0 Å². The number of hydrogen-bond acceptors (Lipinski definition) is 2. The highest BCUT2D eigenvalue weighted by Crippen LogP contribution is 2.46. The first kappa shape index (κ1) is 10.8. The highest BCUT2D eigenvalue weighted by Gasteiger charge is 2.31. The largest absolute Gasteiger partial charge is 0.459 e. The smallest absolute Gasteiger partial charge is 0.137 e. The van der Waals surface area contributed by atoms with Gasteiger partial charge >= 0.3 is 0 Å². The van der Waals surface area contributed by atoms with E-state index >= 15 is 0 Å². The summed E-state index contributed by atoms with van der Waals surface area (Å²) < 4.78 is 19.4.